The summed E-state index contributed by atoms with van der Waals surface area (Å²) in [6.07, 6.45) is 0.507. The minimum atomic E-state index is -1.25. The summed E-state index contributed by atoms with van der Waals surface area (Å²) in [5.41, 5.74) is 16.1. The van der Waals surface area contributed by atoms with Gasteiger partial charge >= 0.3 is 11.9 Å². The summed E-state index contributed by atoms with van der Waals surface area (Å²) < 4.78 is 0. The number of carbonyl (C=O) groups excluding carboxylic acids is 3. The van der Waals surface area contributed by atoms with Crippen molar-refractivity contribution >= 4 is 35.6 Å². The van der Waals surface area contributed by atoms with Crippen LogP contribution in [0.3, 0.4) is 0 Å². The highest BCUT2D eigenvalue weighted by Gasteiger charge is 2.28. The molecule has 4 atom stereocenters. The van der Waals surface area contributed by atoms with Gasteiger partial charge in [-0.15, -0.1) is 0 Å². The smallest absolute Gasteiger partial charge is 0.326 e. The van der Waals surface area contributed by atoms with Crippen molar-refractivity contribution in [2.75, 3.05) is 13.1 Å². The summed E-state index contributed by atoms with van der Waals surface area (Å²) in [5.74, 6) is -4.86. The zero-order valence-electron chi connectivity index (χ0n) is 18.9. The third-order valence-corrected chi connectivity index (χ3v) is 4.80. The molecule has 0 aromatic carbocycles. The van der Waals surface area contributed by atoms with Crippen LogP contribution in [-0.4, -0.2) is 77.0 Å². The molecule has 33 heavy (non-hydrogen) atoms. The van der Waals surface area contributed by atoms with Crippen molar-refractivity contribution in [2.45, 2.75) is 64.1 Å². The molecule has 0 aliphatic heterocycles. The average molecular weight is 474 g/mol. The van der Waals surface area contributed by atoms with Gasteiger partial charge in [0.2, 0.25) is 17.7 Å². The largest absolute Gasteiger partial charge is 0.481 e. The van der Waals surface area contributed by atoms with Crippen LogP contribution in [0.15, 0.2) is 4.99 Å². The maximum atomic E-state index is 12.6. The number of carboxylic acid groups (broad SMARTS) is 2. The van der Waals surface area contributed by atoms with E-state index in [1.807, 2.05) is 0 Å². The number of carbonyl (C=O) groups is 5. The van der Waals surface area contributed by atoms with Crippen molar-refractivity contribution in [3.63, 3.8) is 0 Å². The molecule has 0 saturated carbocycles. The van der Waals surface area contributed by atoms with Crippen LogP contribution in [0, 0.1) is 5.92 Å². The van der Waals surface area contributed by atoms with Crippen LogP contribution >= 0.6 is 0 Å². The number of nitrogens with one attached hydrogen (secondary N) is 3. The van der Waals surface area contributed by atoms with Crippen molar-refractivity contribution in [2.24, 2.45) is 28.1 Å². The van der Waals surface area contributed by atoms with Gasteiger partial charge in [-0.2, -0.15) is 0 Å². The molecule has 14 nitrogen and oxygen atoms in total. The zero-order valence-corrected chi connectivity index (χ0v) is 18.9. The first-order chi connectivity index (χ1) is 15.4. The van der Waals surface area contributed by atoms with Crippen molar-refractivity contribution in [1.29, 1.82) is 0 Å². The predicted molar refractivity (Wildman–Crippen MR) is 119 cm³/mol. The van der Waals surface area contributed by atoms with Gasteiger partial charge in [-0.1, -0.05) is 20.3 Å². The van der Waals surface area contributed by atoms with E-state index in [2.05, 4.69) is 20.9 Å². The normalized spacial score (nSPS) is 14.2. The van der Waals surface area contributed by atoms with Crippen molar-refractivity contribution in [3.05, 3.63) is 0 Å². The molecule has 0 rings (SSSR count). The number of aliphatic imine (C=N–C) groups is 1. The van der Waals surface area contributed by atoms with Gasteiger partial charge in [0.15, 0.2) is 5.96 Å². The van der Waals surface area contributed by atoms with Crippen molar-refractivity contribution in [1.82, 2.24) is 16.0 Å². The monoisotopic (exact) mass is 473 g/mol. The summed E-state index contributed by atoms with van der Waals surface area (Å²) >= 11 is 0. The van der Waals surface area contributed by atoms with Gasteiger partial charge in [-0.25, -0.2) is 4.79 Å². The topological polar surface area (TPSA) is 252 Å². The Balaban J connectivity index is 4.84. The maximum Gasteiger partial charge on any atom is 0.326 e. The molecule has 0 radical (unpaired) electrons. The van der Waals surface area contributed by atoms with Crippen molar-refractivity contribution < 1.29 is 34.2 Å². The van der Waals surface area contributed by atoms with E-state index >= 15 is 0 Å². The van der Waals surface area contributed by atoms with Gasteiger partial charge in [-0.05, 0) is 25.2 Å². The molecule has 11 N–H and O–H groups in total. The lowest BCUT2D eigenvalue weighted by Crippen LogP contribution is -2.55. The number of nitrogens with two attached hydrogens (primary N) is 3. The maximum absolute atomic E-state index is 12.6. The second-order valence-electron chi connectivity index (χ2n) is 7.54. The molecular formula is C19H35N7O7. The summed E-state index contributed by atoms with van der Waals surface area (Å²) in [6, 6.07) is -3.32. The highest BCUT2D eigenvalue weighted by Crippen LogP contribution is 2.09. The molecule has 188 valence electrons. The summed E-state index contributed by atoms with van der Waals surface area (Å²) in [4.78, 5) is 62.6. The molecule has 3 amide bonds. The summed E-state index contributed by atoms with van der Waals surface area (Å²) in [6.45, 7) is 3.20. The number of aliphatic carboxylic acids is 2. The Labute approximate surface area is 191 Å². The first-order valence-corrected chi connectivity index (χ1v) is 10.5. The fourth-order valence-corrected chi connectivity index (χ4v) is 2.66. The molecule has 0 aliphatic carbocycles. The van der Waals surface area contributed by atoms with Gasteiger partial charge in [-0.3, -0.25) is 24.2 Å². The molecule has 4 unspecified atom stereocenters. The van der Waals surface area contributed by atoms with Crippen LogP contribution in [0.25, 0.3) is 0 Å². The fraction of sp³-hybridized carbons (Fsp3) is 0.684. The highest BCUT2D eigenvalue weighted by molar-refractivity contribution is 5.92. The molecular weight excluding hydrogens is 438 g/mol. The lowest BCUT2D eigenvalue weighted by molar-refractivity contribution is -0.142. The van der Waals surface area contributed by atoms with E-state index in [1.165, 1.54) is 0 Å². The molecule has 14 heteroatoms. The van der Waals surface area contributed by atoms with Crippen LogP contribution in [0.2, 0.25) is 0 Å². The number of nitrogens with zero attached hydrogens (tertiary/aromatic N) is 1. The standard InChI is InChI=1S/C19H35N7O7/c1-3-10(2)15(26-16(30)11(20)6-7-14(28)29)17(31)24-9-13(27)25-12(18(32)33)5-4-8-23-19(21)22/h10-12,15H,3-9,20H2,1-2H3,(H,24,31)(H,25,27)(H,26,30)(H,28,29)(H,32,33)(H4,21,22,23). The molecule has 0 spiro atoms. The molecule has 0 heterocycles. The molecule has 0 bridgehead atoms. The Morgan fingerprint density at radius 1 is 1.00 bits per heavy atom. The molecule has 0 aromatic heterocycles. The van der Waals surface area contributed by atoms with Crippen LogP contribution in [0.1, 0.15) is 46.0 Å². The lowest BCUT2D eigenvalue weighted by atomic mass is 9.97. The van der Waals surface area contributed by atoms with Gasteiger partial charge < -0.3 is 43.4 Å². The number of amides is 3. The van der Waals surface area contributed by atoms with Gasteiger partial charge in [0.1, 0.15) is 12.1 Å². The molecule has 0 aliphatic rings. The number of guanidine groups is 1. The van der Waals surface area contributed by atoms with E-state index < -0.39 is 54.3 Å². The first-order valence-electron chi connectivity index (χ1n) is 10.5. The Kier molecular flexibility index (Phi) is 13.8. The van der Waals surface area contributed by atoms with Gasteiger partial charge in [0.25, 0.3) is 0 Å². The fourth-order valence-electron chi connectivity index (χ4n) is 2.66. The molecule has 0 saturated heterocycles. The average Bonchev–Trinajstić information content (AvgIpc) is 2.74. The van der Waals surface area contributed by atoms with Crippen molar-refractivity contribution in [3.8, 4) is 0 Å². The van der Waals surface area contributed by atoms with Crippen LogP contribution in [-0.2, 0) is 24.0 Å². The minimum Gasteiger partial charge on any atom is -0.481 e. The number of hydrogen-bond acceptors (Lipinski definition) is 7. The predicted octanol–water partition coefficient (Wildman–Crippen LogP) is -2.55. The third-order valence-electron chi connectivity index (χ3n) is 4.80. The Hall–Kier alpha value is -3.42. The van der Waals surface area contributed by atoms with E-state index in [0.717, 1.165) is 0 Å². The van der Waals surface area contributed by atoms with Crippen LogP contribution in [0.4, 0.5) is 0 Å². The first kappa shape index (κ1) is 29.6. The Morgan fingerprint density at radius 3 is 2.15 bits per heavy atom. The highest BCUT2D eigenvalue weighted by atomic mass is 16.4. The Bertz CT molecular complexity index is 725. The van der Waals surface area contributed by atoms with E-state index in [1.54, 1.807) is 13.8 Å². The number of carboxylic acids is 2. The summed E-state index contributed by atoms with van der Waals surface area (Å²) in [7, 11) is 0. The van der Waals surface area contributed by atoms with E-state index in [4.69, 9.17) is 22.3 Å². The Morgan fingerprint density at radius 2 is 1.64 bits per heavy atom. The minimum absolute atomic E-state index is 0.0750. The SMILES string of the molecule is CCC(C)C(NC(=O)C(N)CCC(=O)O)C(=O)NCC(=O)NC(CCCN=C(N)N)C(=O)O. The third kappa shape index (κ3) is 12.9. The van der Waals surface area contributed by atoms with E-state index in [-0.39, 0.29) is 37.7 Å². The number of rotatable bonds is 16. The van der Waals surface area contributed by atoms with Gasteiger partial charge in [0, 0.05) is 13.0 Å². The van der Waals surface area contributed by atoms with Crippen LogP contribution < -0.4 is 33.2 Å². The second-order valence-corrected chi connectivity index (χ2v) is 7.54. The molecule has 0 aromatic rings. The quantitative estimate of drug-likeness (QED) is 0.0661. The van der Waals surface area contributed by atoms with E-state index in [0.29, 0.717) is 12.8 Å². The number of hydrogen-bond donors (Lipinski definition) is 8. The van der Waals surface area contributed by atoms with Gasteiger partial charge in [0.05, 0.1) is 12.6 Å². The second kappa shape index (κ2) is 15.4. The zero-order chi connectivity index (χ0) is 25.6. The molecule has 0 fully saturated rings. The summed E-state index contributed by atoms with van der Waals surface area (Å²) in [5, 5.41) is 25.1. The van der Waals surface area contributed by atoms with E-state index in [9.17, 15) is 29.1 Å². The van der Waals surface area contributed by atoms with Crippen LogP contribution in [0.5, 0.6) is 0 Å². The lowest BCUT2D eigenvalue weighted by Gasteiger charge is -2.25.